The van der Waals surface area contributed by atoms with Gasteiger partial charge in [0.1, 0.15) is 18.1 Å². The van der Waals surface area contributed by atoms with Crippen molar-refractivity contribution >= 4 is 29.2 Å². The lowest BCUT2D eigenvalue weighted by molar-refractivity contribution is -0.137. The molecule has 0 unspecified atom stereocenters. The van der Waals surface area contributed by atoms with Gasteiger partial charge in [0.2, 0.25) is 5.91 Å². The van der Waals surface area contributed by atoms with Gasteiger partial charge in [-0.2, -0.15) is 5.10 Å². The van der Waals surface area contributed by atoms with Gasteiger partial charge in [0.05, 0.1) is 11.4 Å². The van der Waals surface area contributed by atoms with Crippen LogP contribution in [0.1, 0.15) is 40.3 Å². The highest BCUT2D eigenvalue weighted by Crippen LogP contribution is 2.26. The maximum atomic E-state index is 13.1. The minimum Gasteiger partial charge on any atom is -0.484 e. The number of hydrogen-bond acceptors (Lipinski definition) is 4. The molecule has 0 aliphatic carbocycles. The van der Waals surface area contributed by atoms with E-state index in [1.165, 1.54) is 4.90 Å². The molecule has 1 N–H and O–H groups in total. The third-order valence-corrected chi connectivity index (χ3v) is 5.45. The topological polar surface area (TPSA) is 76.5 Å². The number of nitrogens with zero attached hydrogens (tertiary/aromatic N) is 3. The zero-order valence-corrected chi connectivity index (χ0v) is 21.7. The lowest BCUT2D eigenvalue weighted by Crippen LogP contribution is -2.42. The summed E-state index contributed by atoms with van der Waals surface area (Å²) in [5.41, 5.74) is 1.49. The summed E-state index contributed by atoms with van der Waals surface area (Å²) in [5.74, 6) is 0.710. The van der Waals surface area contributed by atoms with Crippen molar-refractivity contribution in [1.29, 1.82) is 0 Å². The Bertz CT molecular complexity index is 1140. The number of rotatable bonds is 9. The highest BCUT2D eigenvalue weighted by atomic mass is 35.5. The number of hydrogen-bond donors (Lipinski definition) is 1. The third kappa shape index (κ3) is 7.59. The van der Waals surface area contributed by atoms with E-state index in [2.05, 4.69) is 26.1 Å². The van der Waals surface area contributed by atoms with E-state index in [0.29, 0.717) is 23.1 Å². The average molecular weight is 497 g/mol. The minimum absolute atomic E-state index is 0.0915. The molecule has 2 aromatic carbocycles. The summed E-state index contributed by atoms with van der Waals surface area (Å²) in [4.78, 5) is 27.5. The van der Waals surface area contributed by atoms with Crippen molar-refractivity contribution in [2.45, 2.75) is 40.0 Å². The van der Waals surface area contributed by atoms with E-state index in [1.807, 2.05) is 50.2 Å². The van der Waals surface area contributed by atoms with Crippen molar-refractivity contribution in [2.75, 3.05) is 25.0 Å². The van der Waals surface area contributed by atoms with Gasteiger partial charge in [-0.15, -0.1) is 0 Å². The third-order valence-electron chi connectivity index (χ3n) is 5.19. The number of carbonyl (C=O) groups excluding carboxylic acids is 2. The number of para-hydroxylation sites is 1. The molecule has 0 saturated heterocycles. The summed E-state index contributed by atoms with van der Waals surface area (Å²) in [6.07, 6.45) is 0. The number of aromatic nitrogens is 2. The molecule has 8 heteroatoms. The molecule has 186 valence electrons. The molecule has 1 heterocycles. The molecule has 0 radical (unpaired) electrons. The minimum atomic E-state index is -0.303. The second-order valence-electron chi connectivity index (χ2n) is 9.87. The molecule has 0 bridgehead atoms. The Morgan fingerprint density at radius 1 is 1.09 bits per heavy atom. The molecule has 0 aliphatic heterocycles. The van der Waals surface area contributed by atoms with Crippen LogP contribution in [0.5, 0.6) is 5.75 Å². The molecule has 3 aromatic rings. The lowest BCUT2D eigenvalue weighted by atomic mass is 9.92. The SMILES string of the molecule is CC(C)CN(CC(=O)Nc1cc(C(C)(C)C)nn1-c1ccccc1)C(=O)COc1ccc(Cl)cc1. The largest absolute Gasteiger partial charge is 0.484 e. The molecule has 0 spiro atoms. The van der Waals surface area contributed by atoms with Crippen molar-refractivity contribution in [2.24, 2.45) is 5.92 Å². The van der Waals surface area contributed by atoms with Crippen molar-refractivity contribution < 1.29 is 14.3 Å². The Labute approximate surface area is 212 Å². The number of halogens is 1. The van der Waals surface area contributed by atoms with Crippen molar-refractivity contribution in [3.8, 4) is 11.4 Å². The van der Waals surface area contributed by atoms with Gasteiger partial charge in [0.25, 0.3) is 5.91 Å². The van der Waals surface area contributed by atoms with Gasteiger partial charge < -0.3 is 15.0 Å². The number of nitrogens with one attached hydrogen (secondary N) is 1. The van der Waals surface area contributed by atoms with Crippen molar-refractivity contribution in [3.05, 3.63) is 71.4 Å². The van der Waals surface area contributed by atoms with Crippen LogP contribution in [-0.2, 0) is 15.0 Å². The fraction of sp³-hybridized carbons (Fsp3) is 0.370. The van der Waals surface area contributed by atoms with Gasteiger partial charge in [0.15, 0.2) is 6.61 Å². The molecule has 3 rings (SSSR count). The number of anilines is 1. The first-order chi connectivity index (χ1) is 16.5. The van der Waals surface area contributed by atoms with Crippen LogP contribution in [0.15, 0.2) is 60.7 Å². The Balaban J connectivity index is 1.74. The smallest absolute Gasteiger partial charge is 0.260 e. The van der Waals surface area contributed by atoms with E-state index in [1.54, 1.807) is 28.9 Å². The average Bonchev–Trinajstić information content (AvgIpc) is 3.22. The summed E-state index contributed by atoms with van der Waals surface area (Å²) in [7, 11) is 0. The van der Waals surface area contributed by atoms with Gasteiger partial charge in [-0.1, -0.05) is 64.4 Å². The molecular weight excluding hydrogens is 464 g/mol. The highest BCUT2D eigenvalue weighted by molar-refractivity contribution is 6.30. The van der Waals surface area contributed by atoms with E-state index in [-0.39, 0.29) is 36.3 Å². The summed E-state index contributed by atoms with van der Waals surface area (Å²) >= 11 is 5.90. The summed E-state index contributed by atoms with van der Waals surface area (Å²) in [5, 5.41) is 8.27. The summed E-state index contributed by atoms with van der Waals surface area (Å²) in [6.45, 7) is 10.4. The second-order valence-corrected chi connectivity index (χ2v) is 10.3. The normalized spacial score (nSPS) is 11.4. The molecule has 35 heavy (non-hydrogen) atoms. The highest BCUT2D eigenvalue weighted by Gasteiger charge is 2.23. The summed E-state index contributed by atoms with van der Waals surface area (Å²) < 4.78 is 7.33. The van der Waals surface area contributed by atoms with E-state index in [9.17, 15) is 9.59 Å². The van der Waals surface area contributed by atoms with Gasteiger partial charge >= 0.3 is 0 Å². The quantitative estimate of drug-likeness (QED) is 0.434. The summed E-state index contributed by atoms with van der Waals surface area (Å²) in [6, 6.07) is 18.3. The molecule has 0 atom stereocenters. The number of amides is 2. The number of carbonyl (C=O) groups is 2. The second kappa shape index (κ2) is 11.4. The first-order valence-electron chi connectivity index (χ1n) is 11.6. The van der Waals surface area contributed by atoms with E-state index in [0.717, 1.165) is 11.4 Å². The van der Waals surface area contributed by atoms with E-state index in [4.69, 9.17) is 21.4 Å². The van der Waals surface area contributed by atoms with Gasteiger partial charge in [0, 0.05) is 23.0 Å². The Hall–Kier alpha value is -3.32. The van der Waals surface area contributed by atoms with E-state index < -0.39 is 0 Å². The predicted molar refractivity (Wildman–Crippen MR) is 139 cm³/mol. The fourth-order valence-corrected chi connectivity index (χ4v) is 3.55. The molecule has 7 nitrogen and oxygen atoms in total. The zero-order valence-electron chi connectivity index (χ0n) is 20.9. The number of ether oxygens (including phenoxy) is 1. The Kier molecular flexibility index (Phi) is 8.57. The van der Waals surface area contributed by atoms with Crippen LogP contribution in [0.2, 0.25) is 5.02 Å². The van der Waals surface area contributed by atoms with Crippen molar-refractivity contribution in [1.82, 2.24) is 14.7 Å². The maximum absolute atomic E-state index is 13.1. The van der Waals surface area contributed by atoms with Crippen LogP contribution in [0.25, 0.3) is 5.69 Å². The Morgan fingerprint density at radius 3 is 2.34 bits per heavy atom. The van der Waals surface area contributed by atoms with Crippen LogP contribution in [0, 0.1) is 5.92 Å². The van der Waals surface area contributed by atoms with Gasteiger partial charge in [-0.25, -0.2) is 4.68 Å². The first kappa shape index (κ1) is 26.3. The van der Waals surface area contributed by atoms with E-state index >= 15 is 0 Å². The first-order valence-corrected chi connectivity index (χ1v) is 12.0. The van der Waals surface area contributed by atoms with Crippen LogP contribution in [-0.4, -0.2) is 46.2 Å². The molecule has 2 amide bonds. The predicted octanol–water partition coefficient (Wildman–Crippen LogP) is 5.33. The Morgan fingerprint density at radius 2 is 1.74 bits per heavy atom. The fourth-order valence-electron chi connectivity index (χ4n) is 3.42. The van der Waals surface area contributed by atoms with Crippen LogP contribution in [0.4, 0.5) is 5.82 Å². The molecular formula is C27H33ClN4O3. The van der Waals surface area contributed by atoms with Crippen LogP contribution < -0.4 is 10.1 Å². The standard InChI is InChI=1S/C27H33ClN4O3/c1-19(2)16-31(26(34)18-35-22-13-11-20(28)12-14-22)17-25(33)29-24-15-23(27(3,4)5)30-32(24)21-9-7-6-8-10-21/h6-15,19H,16-18H2,1-5H3,(H,29,33). The van der Waals surface area contributed by atoms with Gasteiger partial charge in [-0.05, 0) is 42.3 Å². The molecule has 0 aliphatic rings. The van der Waals surface area contributed by atoms with Crippen LogP contribution in [0.3, 0.4) is 0 Å². The monoisotopic (exact) mass is 496 g/mol. The number of benzene rings is 2. The zero-order chi connectivity index (χ0) is 25.6. The molecule has 0 saturated carbocycles. The lowest BCUT2D eigenvalue weighted by Gasteiger charge is -2.24. The van der Waals surface area contributed by atoms with Crippen LogP contribution >= 0.6 is 11.6 Å². The molecule has 1 aromatic heterocycles. The molecule has 0 fully saturated rings. The maximum Gasteiger partial charge on any atom is 0.260 e. The van der Waals surface area contributed by atoms with Crippen molar-refractivity contribution in [3.63, 3.8) is 0 Å². The van der Waals surface area contributed by atoms with Gasteiger partial charge in [-0.3, -0.25) is 9.59 Å².